The maximum Gasteiger partial charge on any atom is 0.123 e. The molecule has 0 aromatic rings. The quantitative estimate of drug-likeness (QED) is 0.477. The van der Waals surface area contributed by atoms with Crippen LogP contribution in [0.25, 0.3) is 0 Å². The van der Waals surface area contributed by atoms with E-state index < -0.39 is 0 Å². The summed E-state index contributed by atoms with van der Waals surface area (Å²) in [6, 6.07) is 0. The molecule has 0 aromatic heterocycles. The second-order valence-electron chi connectivity index (χ2n) is 2.65. The summed E-state index contributed by atoms with van der Waals surface area (Å²) >= 11 is 3.53. The second-order valence-corrected chi connectivity index (χ2v) is 3.94. The van der Waals surface area contributed by atoms with Crippen molar-refractivity contribution in [2.75, 3.05) is 0 Å². The molecule has 1 aliphatic rings. The Balaban J connectivity index is 0.000000810. The summed E-state index contributed by atoms with van der Waals surface area (Å²) in [6.07, 6.45) is 5.60. The summed E-state index contributed by atoms with van der Waals surface area (Å²) in [5.41, 5.74) is 0. The molecule has 0 N–H and O–H groups in total. The average molecular weight is 207 g/mol. The fourth-order valence-electron chi connectivity index (χ4n) is 1.21. The van der Waals surface area contributed by atoms with Crippen molar-refractivity contribution >= 4 is 22.2 Å². The van der Waals surface area contributed by atoms with Crippen LogP contribution in [-0.4, -0.2) is 11.1 Å². The molecule has 0 aliphatic heterocycles. The fourth-order valence-corrected chi connectivity index (χ4v) is 1.74. The minimum atomic E-state index is 0. The lowest BCUT2D eigenvalue weighted by molar-refractivity contribution is -0.111. The van der Waals surface area contributed by atoms with Crippen LogP contribution < -0.4 is 0 Å². The number of aldehydes is 1. The topological polar surface area (TPSA) is 17.1 Å². The van der Waals surface area contributed by atoms with Crippen LogP contribution in [0.2, 0.25) is 0 Å². The lowest BCUT2D eigenvalue weighted by Gasteiger charge is -2.20. The van der Waals surface area contributed by atoms with Gasteiger partial charge < -0.3 is 4.79 Å². The van der Waals surface area contributed by atoms with E-state index in [2.05, 4.69) is 15.9 Å². The van der Waals surface area contributed by atoms with Crippen molar-refractivity contribution in [3.05, 3.63) is 0 Å². The molecule has 0 saturated heterocycles. The third-order valence-corrected chi connectivity index (χ3v) is 2.81. The second kappa shape index (κ2) is 4.89. The van der Waals surface area contributed by atoms with Crippen LogP contribution >= 0.6 is 15.9 Å². The van der Waals surface area contributed by atoms with Gasteiger partial charge in [-0.15, -0.1) is 0 Å². The Morgan fingerprint density at radius 3 is 2.10 bits per heavy atom. The summed E-state index contributed by atoms with van der Waals surface area (Å²) in [6.45, 7) is 0. The molecular weight excluding hydrogens is 192 g/mol. The molecule has 1 saturated carbocycles. The van der Waals surface area contributed by atoms with Crippen molar-refractivity contribution in [2.45, 2.75) is 37.9 Å². The summed E-state index contributed by atoms with van der Waals surface area (Å²) in [7, 11) is 0. The van der Waals surface area contributed by atoms with Gasteiger partial charge in [0.1, 0.15) is 6.29 Å². The first kappa shape index (κ1) is 10.2. The molecule has 0 spiro atoms. The van der Waals surface area contributed by atoms with Gasteiger partial charge in [0.15, 0.2) is 0 Å². The summed E-state index contributed by atoms with van der Waals surface area (Å²) in [4.78, 5) is 10.9. The zero-order valence-electron chi connectivity index (χ0n) is 5.35. The Kier molecular flexibility index (Phi) is 4.96. The van der Waals surface area contributed by atoms with E-state index in [1.807, 2.05) is 0 Å². The first-order valence-electron chi connectivity index (χ1n) is 3.42. The van der Waals surface area contributed by atoms with E-state index in [-0.39, 0.29) is 7.43 Å². The van der Waals surface area contributed by atoms with Crippen LogP contribution in [0.4, 0.5) is 0 Å². The van der Waals surface area contributed by atoms with Crippen LogP contribution in [-0.2, 0) is 4.79 Å². The monoisotopic (exact) mass is 206 g/mol. The van der Waals surface area contributed by atoms with E-state index in [9.17, 15) is 4.79 Å². The number of carbonyl (C=O) groups excluding carboxylic acids is 1. The molecule has 0 amide bonds. The van der Waals surface area contributed by atoms with Gasteiger partial charge in [-0.2, -0.15) is 0 Å². The summed E-state index contributed by atoms with van der Waals surface area (Å²) < 4.78 is 0. The third kappa shape index (κ3) is 2.82. The van der Waals surface area contributed by atoms with E-state index in [1.165, 1.54) is 12.8 Å². The van der Waals surface area contributed by atoms with Crippen molar-refractivity contribution in [2.24, 2.45) is 5.92 Å². The molecule has 0 unspecified atom stereocenters. The number of hydrogen-bond acceptors (Lipinski definition) is 1. The van der Waals surface area contributed by atoms with Crippen molar-refractivity contribution in [3.8, 4) is 0 Å². The molecule has 1 fully saturated rings. The molecule has 1 rings (SSSR count). The highest BCUT2D eigenvalue weighted by atomic mass is 79.9. The van der Waals surface area contributed by atoms with E-state index >= 15 is 0 Å². The van der Waals surface area contributed by atoms with Crippen LogP contribution in [0.15, 0.2) is 0 Å². The normalized spacial score (nSPS) is 32.5. The highest BCUT2D eigenvalue weighted by molar-refractivity contribution is 9.09. The van der Waals surface area contributed by atoms with Gasteiger partial charge in [-0.3, -0.25) is 0 Å². The zero-order chi connectivity index (χ0) is 6.69. The highest BCUT2D eigenvalue weighted by Crippen LogP contribution is 2.26. The van der Waals surface area contributed by atoms with E-state index in [1.54, 1.807) is 0 Å². The molecule has 0 heterocycles. The smallest absolute Gasteiger partial charge is 0.123 e. The molecule has 10 heavy (non-hydrogen) atoms. The van der Waals surface area contributed by atoms with E-state index in [0.717, 1.165) is 19.1 Å². The Morgan fingerprint density at radius 2 is 1.70 bits per heavy atom. The largest absolute Gasteiger partial charge is 0.303 e. The number of carbonyl (C=O) groups is 1. The number of rotatable bonds is 1. The fraction of sp³-hybridized carbons (Fsp3) is 0.875. The molecule has 2 heteroatoms. The molecule has 0 aromatic carbocycles. The van der Waals surface area contributed by atoms with Crippen LogP contribution in [0.5, 0.6) is 0 Å². The van der Waals surface area contributed by atoms with Crippen molar-refractivity contribution < 1.29 is 4.79 Å². The lowest BCUT2D eigenvalue weighted by atomic mass is 9.90. The lowest BCUT2D eigenvalue weighted by Crippen LogP contribution is -2.14. The molecular formula is C8H15BrO. The zero-order valence-corrected chi connectivity index (χ0v) is 6.93. The maximum absolute atomic E-state index is 10.3. The first-order valence-corrected chi connectivity index (χ1v) is 4.34. The van der Waals surface area contributed by atoms with Gasteiger partial charge >= 0.3 is 0 Å². The van der Waals surface area contributed by atoms with E-state index in [4.69, 9.17) is 0 Å². The Hall–Kier alpha value is 0.150. The number of hydrogen-bond donors (Lipinski definition) is 0. The average Bonchev–Trinajstić information content (AvgIpc) is 1.90. The van der Waals surface area contributed by atoms with Gasteiger partial charge in [0.25, 0.3) is 0 Å². The molecule has 1 aliphatic carbocycles. The molecule has 0 bridgehead atoms. The third-order valence-electron chi connectivity index (χ3n) is 1.89. The molecule has 0 atom stereocenters. The van der Waals surface area contributed by atoms with Crippen LogP contribution in [0.3, 0.4) is 0 Å². The van der Waals surface area contributed by atoms with Crippen molar-refractivity contribution in [3.63, 3.8) is 0 Å². The van der Waals surface area contributed by atoms with Crippen molar-refractivity contribution in [1.82, 2.24) is 0 Å². The van der Waals surface area contributed by atoms with E-state index in [0.29, 0.717) is 10.7 Å². The molecule has 0 radical (unpaired) electrons. The van der Waals surface area contributed by atoms with Gasteiger partial charge in [-0.05, 0) is 25.7 Å². The Morgan fingerprint density at radius 1 is 1.20 bits per heavy atom. The van der Waals surface area contributed by atoms with Gasteiger partial charge in [-0.1, -0.05) is 23.4 Å². The summed E-state index contributed by atoms with van der Waals surface area (Å²) in [5, 5.41) is 0. The van der Waals surface area contributed by atoms with Gasteiger partial charge in [0.05, 0.1) is 0 Å². The van der Waals surface area contributed by atoms with Gasteiger partial charge in [0, 0.05) is 10.7 Å². The summed E-state index contributed by atoms with van der Waals surface area (Å²) in [5.74, 6) is 0.360. The first-order chi connectivity index (χ1) is 4.33. The standard InChI is InChI=1S/C7H11BrO.CH4/c8-7-3-1-6(5-9)2-4-7;/h5-7H,1-4H2;1H4. The number of halogens is 1. The highest BCUT2D eigenvalue weighted by Gasteiger charge is 2.17. The minimum absolute atomic E-state index is 0. The van der Waals surface area contributed by atoms with Crippen LogP contribution in [0.1, 0.15) is 33.1 Å². The molecule has 60 valence electrons. The van der Waals surface area contributed by atoms with Crippen molar-refractivity contribution in [1.29, 1.82) is 0 Å². The predicted octanol–water partition coefficient (Wildman–Crippen LogP) is 2.78. The maximum atomic E-state index is 10.3. The Bertz CT molecular complexity index is 95.4. The Labute approximate surface area is 71.3 Å². The van der Waals surface area contributed by atoms with Gasteiger partial charge in [0.2, 0.25) is 0 Å². The number of alkyl halides is 1. The van der Waals surface area contributed by atoms with Crippen LogP contribution in [0, 0.1) is 5.92 Å². The molecule has 1 nitrogen and oxygen atoms in total. The predicted molar refractivity (Wildman–Crippen MR) is 47.5 cm³/mol. The SMILES string of the molecule is C.O=CC1CCC(Br)CC1. The van der Waals surface area contributed by atoms with Gasteiger partial charge in [-0.25, -0.2) is 0 Å². The minimum Gasteiger partial charge on any atom is -0.303 e.